The topological polar surface area (TPSA) is 107 Å². The molecule has 7 aromatic rings. The van der Waals surface area contributed by atoms with Crippen molar-refractivity contribution < 1.29 is 4.74 Å². The van der Waals surface area contributed by atoms with Crippen molar-refractivity contribution in [3.8, 4) is 16.8 Å². The largest absolute Gasteiger partial charge is 0.361 e. The second-order valence-electron chi connectivity index (χ2n) is 13.0. The molecule has 5 heterocycles. The van der Waals surface area contributed by atoms with Crippen molar-refractivity contribution in [3.05, 3.63) is 107 Å². The summed E-state index contributed by atoms with van der Waals surface area (Å²) in [7, 11) is -1.23. The highest BCUT2D eigenvalue weighted by Crippen LogP contribution is 2.38. The molecule has 0 amide bonds. The fourth-order valence-corrected chi connectivity index (χ4v) is 6.76. The molecular weight excluding hydrogens is 593 g/mol. The van der Waals surface area contributed by atoms with Crippen LogP contribution in [-0.2, 0) is 11.5 Å². The summed E-state index contributed by atoms with van der Waals surface area (Å²) in [6.07, 6.45) is 7.47. The summed E-state index contributed by atoms with van der Waals surface area (Å²) in [6.45, 7) is 12.1. The molecule has 0 saturated heterocycles. The fraction of sp³-hybridized carbons (Fsp3) is 0.257. The number of aromatic amines is 1. The van der Waals surface area contributed by atoms with E-state index in [1.807, 2.05) is 62.6 Å². The van der Waals surface area contributed by atoms with E-state index in [4.69, 9.17) is 19.8 Å². The molecule has 7 rings (SSSR count). The van der Waals surface area contributed by atoms with Crippen LogP contribution in [0.2, 0.25) is 25.7 Å². The molecule has 46 heavy (non-hydrogen) atoms. The van der Waals surface area contributed by atoms with Gasteiger partial charge in [-0.1, -0.05) is 50.0 Å². The lowest BCUT2D eigenvalue weighted by Gasteiger charge is -2.20. The predicted molar refractivity (Wildman–Crippen MR) is 186 cm³/mol. The van der Waals surface area contributed by atoms with Crippen LogP contribution in [0.5, 0.6) is 0 Å². The molecule has 5 aromatic heterocycles. The van der Waals surface area contributed by atoms with Gasteiger partial charge in [-0.15, -0.1) is 0 Å². The highest BCUT2D eigenvalue weighted by atomic mass is 28.3. The predicted octanol–water partition coefficient (Wildman–Crippen LogP) is 7.17. The van der Waals surface area contributed by atoms with Crippen molar-refractivity contribution in [1.29, 1.82) is 0 Å². The zero-order valence-corrected chi connectivity index (χ0v) is 27.8. The van der Waals surface area contributed by atoms with Gasteiger partial charge in [-0.05, 0) is 61.4 Å². The molecule has 2 N–H and O–H groups in total. The minimum absolute atomic E-state index is 0.123. The first-order chi connectivity index (χ1) is 22.2. The monoisotopic (exact) mass is 630 g/mol. The number of fused-ring (bicyclic) bond motifs is 3. The van der Waals surface area contributed by atoms with Crippen LogP contribution in [0.15, 0.2) is 90.4 Å². The van der Waals surface area contributed by atoms with Crippen LogP contribution in [0.3, 0.4) is 0 Å². The maximum absolute atomic E-state index is 14.0. The second kappa shape index (κ2) is 11.7. The van der Waals surface area contributed by atoms with E-state index in [2.05, 4.69) is 65.0 Å². The quantitative estimate of drug-likeness (QED) is 0.123. The number of hydrogen-bond donors (Lipinski definition) is 2. The Labute approximate surface area is 267 Å². The number of nitrogens with zero attached hydrogens (tertiary/aromatic N) is 6. The number of benzene rings is 2. The van der Waals surface area contributed by atoms with Gasteiger partial charge in [0.1, 0.15) is 30.0 Å². The molecule has 0 saturated carbocycles. The number of ether oxygens (including phenoxy) is 1. The summed E-state index contributed by atoms with van der Waals surface area (Å²) < 4.78 is 11.6. The number of para-hydroxylation sites is 1. The number of anilines is 1. The summed E-state index contributed by atoms with van der Waals surface area (Å²) in [5.74, 6) is 1.22. The average Bonchev–Trinajstić information content (AvgIpc) is 3.77. The van der Waals surface area contributed by atoms with Gasteiger partial charge in [-0.25, -0.2) is 14.5 Å². The van der Waals surface area contributed by atoms with Crippen LogP contribution in [0.25, 0.3) is 44.3 Å². The third kappa shape index (κ3) is 5.41. The van der Waals surface area contributed by atoms with Crippen LogP contribution >= 0.6 is 0 Å². The number of aryl methyl sites for hydroxylation is 1. The summed E-state index contributed by atoms with van der Waals surface area (Å²) >= 11 is 0. The van der Waals surface area contributed by atoms with E-state index in [1.165, 1.54) is 0 Å². The van der Waals surface area contributed by atoms with Crippen molar-refractivity contribution >= 4 is 41.3 Å². The van der Waals surface area contributed by atoms with Crippen molar-refractivity contribution in [1.82, 2.24) is 33.7 Å². The molecule has 10 nitrogen and oxygen atoms in total. The van der Waals surface area contributed by atoms with Gasteiger partial charge in [-0.2, -0.15) is 5.10 Å². The molecule has 0 radical (unpaired) electrons. The van der Waals surface area contributed by atoms with E-state index < -0.39 is 14.1 Å². The van der Waals surface area contributed by atoms with Crippen molar-refractivity contribution in [2.45, 2.75) is 52.3 Å². The summed E-state index contributed by atoms with van der Waals surface area (Å²) in [6, 6.07) is 20.6. The van der Waals surface area contributed by atoms with Gasteiger partial charge < -0.3 is 19.6 Å². The van der Waals surface area contributed by atoms with E-state index in [9.17, 15) is 4.79 Å². The van der Waals surface area contributed by atoms with Crippen molar-refractivity contribution in [2.24, 2.45) is 0 Å². The molecule has 0 fully saturated rings. The molecule has 0 aliphatic heterocycles. The fourth-order valence-electron chi connectivity index (χ4n) is 6.01. The lowest BCUT2D eigenvalue weighted by atomic mass is 10.0. The third-order valence-electron chi connectivity index (χ3n) is 8.43. The summed E-state index contributed by atoms with van der Waals surface area (Å²) in [4.78, 5) is 26.8. The molecule has 0 bridgehead atoms. The van der Waals surface area contributed by atoms with E-state index in [0.29, 0.717) is 30.5 Å². The standard InChI is InChI=1S/C35H38N8O2Si/c1-23-15-17-42-31(23)35(44)43(25-10-7-6-8-11-25)33(40-42)24(2)39-32-30-28(26-12-9-13-29-27(26)14-16-36-29)20-41(34(30)38-21-37-32)22-45-18-19-46(3,4)5/h6-17,20-21,24,36H,18-19,22H2,1-5H3,(H,37,38,39). The Morgan fingerprint density at radius 3 is 2.63 bits per heavy atom. The first-order valence-corrected chi connectivity index (χ1v) is 19.3. The molecule has 1 atom stereocenters. The Morgan fingerprint density at radius 2 is 1.83 bits per heavy atom. The van der Waals surface area contributed by atoms with Gasteiger partial charge in [0.15, 0.2) is 5.82 Å². The highest BCUT2D eigenvalue weighted by Gasteiger charge is 2.23. The Kier molecular flexibility index (Phi) is 7.57. The minimum Gasteiger partial charge on any atom is -0.361 e. The molecule has 1 unspecified atom stereocenters. The normalized spacial score (nSPS) is 12.8. The molecular formula is C35H38N8O2Si. The molecule has 234 valence electrons. The first kappa shape index (κ1) is 29.7. The molecule has 0 spiro atoms. The van der Waals surface area contributed by atoms with Crippen molar-refractivity contribution in [3.63, 3.8) is 0 Å². The van der Waals surface area contributed by atoms with Crippen LogP contribution in [0.4, 0.5) is 5.82 Å². The smallest absolute Gasteiger partial charge is 0.282 e. The first-order valence-electron chi connectivity index (χ1n) is 15.6. The van der Waals surface area contributed by atoms with Gasteiger partial charge in [-0.3, -0.25) is 9.36 Å². The third-order valence-corrected chi connectivity index (χ3v) is 10.1. The van der Waals surface area contributed by atoms with E-state index >= 15 is 0 Å². The summed E-state index contributed by atoms with van der Waals surface area (Å²) in [5.41, 5.74) is 5.94. The maximum Gasteiger partial charge on any atom is 0.282 e. The van der Waals surface area contributed by atoms with Crippen LogP contribution in [0, 0.1) is 6.92 Å². The number of hydrogen-bond acceptors (Lipinski definition) is 6. The van der Waals surface area contributed by atoms with Gasteiger partial charge in [0, 0.05) is 49.7 Å². The van der Waals surface area contributed by atoms with Gasteiger partial charge in [0.05, 0.1) is 17.1 Å². The molecule has 11 heteroatoms. The lowest BCUT2D eigenvalue weighted by Crippen LogP contribution is -2.29. The zero-order valence-electron chi connectivity index (χ0n) is 26.8. The Hall–Kier alpha value is -5.00. The number of aromatic nitrogens is 7. The maximum atomic E-state index is 14.0. The van der Waals surface area contributed by atoms with E-state index in [-0.39, 0.29) is 5.56 Å². The average molecular weight is 631 g/mol. The van der Waals surface area contributed by atoms with Crippen LogP contribution < -0.4 is 10.9 Å². The highest BCUT2D eigenvalue weighted by molar-refractivity contribution is 6.76. The van der Waals surface area contributed by atoms with Crippen molar-refractivity contribution in [2.75, 3.05) is 11.9 Å². The summed E-state index contributed by atoms with van der Waals surface area (Å²) in [5, 5.41) is 10.6. The molecule has 0 aliphatic rings. The second-order valence-corrected chi connectivity index (χ2v) is 18.6. The van der Waals surface area contributed by atoms with Gasteiger partial charge in [0.2, 0.25) is 0 Å². The Morgan fingerprint density at radius 1 is 1.00 bits per heavy atom. The Balaban J connectivity index is 1.35. The zero-order chi connectivity index (χ0) is 32.0. The molecule has 0 aliphatic carbocycles. The number of H-pyrrole nitrogens is 1. The number of rotatable bonds is 10. The number of nitrogens with one attached hydrogen (secondary N) is 2. The van der Waals surface area contributed by atoms with Crippen LogP contribution in [-0.4, -0.2) is 48.4 Å². The van der Waals surface area contributed by atoms with E-state index in [1.54, 1.807) is 15.4 Å². The molecule has 2 aromatic carbocycles. The van der Waals surface area contributed by atoms with Gasteiger partial charge >= 0.3 is 0 Å². The van der Waals surface area contributed by atoms with Gasteiger partial charge in [0.25, 0.3) is 5.56 Å². The minimum atomic E-state index is -1.23. The van der Waals surface area contributed by atoms with Crippen LogP contribution in [0.1, 0.15) is 24.4 Å². The SMILES string of the molecule is Cc1ccn2nc(C(C)Nc3ncnc4c3c(-c3cccc5[nH]ccc35)cn4COCC[Si](C)(C)C)n(-c3ccccc3)c(=O)c12. The van der Waals surface area contributed by atoms with E-state index in [0.717, 1.165) is 50.4 Å². The lowest BCUT2D eigenvalue weighted by molar-refractivity contribution is 0.0899. The Bertz CT molecular complexity index is 2240.